The van der Waals surface area contributed by atoms with Gasteiger partial charge in [-0.05, 0) is 6.42 Å². The summed E-state index contributed by atoms with van der Waals surface area (Å²) in [6.07, 6.45) is 0.670. The van der Waals surface area contributed by atoms with Crippen molar-refractivity contribution in [2.45, 2.75) is 25.8 Å². The summed E-state index contributed by atoms with van der Waals surface area (Å²) in [5.41, 5.74) is 5.19. The molecule has 0 aromatic rings. The Kier molecular flexibility index (Phi) is 5.03. The number of carboxylic acid groups (broad SMARTS) is 1. The lowest BCUT2D eigenvalue weighted by Crippen LogP contribution is -2.35. The Balaban J connectivity index is 3.43. The largest absolute Gasteiger partial charge is 0.480 e. The first-order chi connectivity index (χ1) is 5.57. The van der Waals surface area contributed by atoms with Crippen LogP contribution in [0, 0.1) is 0 Å². The summed E-state index contributed by atoms with van der Waals surface area (Å²) in [4.78, 5) is 20.9. The summed E-state index contributed by atoms with van der Waals surface area (Å²) in [5.74, 6) is -1.13. The summed E-state index contributed by atoms with van der Waals surface area (Å²) in [7, 11) is 0. The smallest absolute Gasteiger partial charge is 0.320 e. The Morgan fingerprint density at radius 2 is 2.17 bits per heavy atom. The van der Waals surface area contributed by atoms with Crippen LogP contribution < -0.4 is 11.1 Å². The van der Waals surface area contributed by atoms with Gasteiger partial charge in [-0.15, -0.1) is 0 Å². The third kappa shape index (κ3) is 4.68. The Morgan fingerprint density at radius 3 is 2.58 bits per heavy atom. The molecule has 0 bridgehead atoms. The fourth-order valence-electron chi connectivity index (χ4n) is 0.616. The zero-order valence-electron chi connectivity index (χ0n) is 7.04. The van der Waals surface area contributed by atoms with E-state index >= 15 is 0 Å². The predicted molar refractivity (Wildman–Crippen MR) is 43.5 cm³/mol. The van der Waals surface area contributed by atoms with Gasteiger partial charge in [0.1, 0.15) is 6.04 Å². The van der Waals surface area contributed by atoms with Gasteiger partial charge in [0.2, 0.25) is 5.91 Å². The lowest BCUT2D eigenvalue weighted by Gasteiger charge is -2.06. The number of hydrogen-bond acceptors (Lipinski definition) is 3. The number of nitrogens with one attached hydrogen (secondary N) is 1. The van der Waals surface area contributed by atoms with Crippen molar-refractivity contribution >= 4 is 11.9 Å². The van der Waals surface area contributed by atoms with Crippen LogP contribution in [0.2, 0.25) is 0 Å². The molecule has 0 rings (SSSR count). The molecule has 12 heavy (non-hydrogen) atoms. The molecule has 0 aromatic heterocycles. The highest BCUT2D eigenvalue weighted by Gasteiger charge is 2.10. The van der Waals surface area contributed by atoms with Crippen LogP contribution in [-0.2, 0) is 9.59 Å². The van der Waals surface area contributed by atoms with Crippen LogP contribution in [0.3, 0.4) is 0 Å². The molecule has 0 saturated carbocycles. The number of carbonyl (C=O) groups is 2. The van der Waals surface area contributed by atoms with Crippen LogP contribution in [0.5, 0.6) is 0 Å². The minimum absolute atomic E-state index is 0.0902. The van der Waals surface area contributed by atoms with Crippen LogP contribution in [0.1, 0.15) is 19.8 Å². The molecule has 0 aliphatic heterocycles. The molecular weight excluding hydrogens is 160 g/mol. The quantitative estimate of drug-likeness (QED) is 0.514. The summed E-state index contributed by atoms with van der Waals surface area (Å²) < 4.78 is 0. The van der Waals surface area contributed by atoms with Gasteiger partial charge < -0.3 is 16.2 Å². The van der Waals surface area contributed by atoms with Gasteiger partial charge in [-0.2, -0.15) is 0 Å². The van der Waals surface area contributed by atoms with Crippen molar-refractivity contribution in [2.24, 2.45) is 5.73 Å². The number of carbonyl (C=O) groups excluding carboxylic acids is 1. The van der Waals surface area contributed by atoms with Crippen molar-refractivity contribution in [3.63, 3.8) is 0 Å². The molecule has 5 heteroatoms. The molecule has 0 aliphatic rings. The van der Waals surface area contributed by atoms with Gasteiger partial charge in [-0.25, -0.2) is 0 Å². The van der Waals surface area contributed by atoms with Gasteiger partial charge in [0, 0.05) is 13.0 Å². The maximum Gasteiger partial charge on any atom is 0.320 e. The van der Waals surface area contributed by atoms with Gasteiger partial charge in [-0.3, -0.25) is 9.59 Å². The molecule has 0 fully saturated rings. The SMILES string of the molecule is CCC(=O)NCC[C@H](N)C(=O)O. The first-order valence-corrected chi connectivity index (χ1v) is 3.83. The maximum atomic E-state index is 10.7. The highest BCUT2D eigenvalue weighted by atomic mass is 16.4. The van der Waals surface area contributed by atoms with Crippen molar-refractivity contribution < 1.29 is 14.7 Å². The number of nitrogens with two attached hydrogens (primary N) is 1. The summed E-state index contributed by atoms with van der Waals surface area (Å²) in [6, 6.07) is -0.887. The van der Waals surface area contributed by atoms with Crippen molar-refractivity contribution in [1.29, 1.82) is 0 Å². The van der Waals surface area contributed by atoms with Crippen molar-refractivity contribution in [2.75, 3.05) is 6.54 Å². The predicted octanol–water partition coefficient (Wildman–Crippen LogP) is -0.685. The van der Waals surface area contributed by atoms with E-state index in [-0.39, 0.29) is 12.3 Å². The molecule has 0 radical (unpaired) electrons. The molecule has 0 unspecified atom stereocenters. The fraction of sp³-hybridized carbons (Fsp3) is 0.714. The Morgan fingerprint density at radius 1 is 1.58 bits per heavy atom. The molecule has 5 nitrogen and oxygen atoms in total. The van der Waals surface area contributed by atoms with E-state index in [2.05, 4.69) is 5.32 Å². The molecule has 70 valence electrons. The van der Waals surface area contributed by atoms with Crippen LogP contribution in [0.15, 0.2) is 0 Å². The Bertz CT molecular complexity index is 170. The normalized spacial score (nSPS) is 12.2. The van der Waals surface area contributed by atoms with Gasteiger partial charge in [0.15, 0.2) is 0 Å². The van der Waals surface area contributed by atoms with Crippen LogP contribution in [0.4, 0.5) is 0 Å². The number of rotatable bonds is 5. The molecule has 0 spiro atoms. The molecule has 0 aliphatic carbocycles. The summed E-state index contributed by atoms with van der Waals surface area (Å²) >= 11 is 0. The molecule has 0 saturated heterocycles. The van der Waals surface area contributed by atoms with E-state index in [0.29, 0.717) is 13.0 Å². The number of aliphatic carboxylic acids is 1. The molecular formula is C7H14N2O3. The van der Waals surface area contributed by atoms with Crippen LogP contribution >= 0.6 is 0 Å². The molecule has 1 atom stereocenters. The molecule has 0 aromatic carbocycles. The minimum atomic E-state index is -1.04. The highest BCUT2D eigenvalue weighted by Crippen LogP contribution is 1.86. The Hall–Kier alpha value is -1.10. The van der Waals surface area contributed by atoms with E-state index in [0.717, 1.165) is 0 Å². The van der Waals surface area contributed by atoms with Crippen LogP contribution in [-0.4, -0.2) is 29.6 Å². The van der Waals surface area contributed by atoms with E-state index < -0.39 is 12.0 Å². The van der Waals surface area contributed by atoms with Gasteiger partial charge >= 0.3 is 5.97 Å². The first-order valence-electron chi connectivity index (χ1n) is 3.83. The maximum absolute atomic E-state index is 10.7. The Labute approximate surface area is 70.9 Å². The second-order valence-corrected chi connectivity index (χ2v) is 2.44. The monoisotopic (exact) mass is 174 g/mol. The van der Waals surface area contributed by atoms with E-state index in [1.165, 1.54) is 0 Å². The highest BCUT2D eigenvalue weighted by molar-refractivity contribution is 5.76. The third-order valence-corrected chi connectivity index (χ3v) is 1.42. The number of carboxylic acids is 1. The number of amides is 1. The first kappa shape index (κ1) is 10.9. The van der Waals surface area contributed by atoms with E-state index in [4.69, 9.17) is 10.8 Å². The summed E-state index contributed by atoms with van der Waals surface area (Å²) in [5, 5.41) is 10.9. The molecule has 0 heterocycles. The van der Waals surface area contributed by atoms with Crippen molar-refractivity contribution in [1.82, 2.24) is 5.32 Å². The molecule has 4 N–H and O–H groups in total. The second-order valence-electron chi connectivity index (χ2n) is 2.44. The second kappa shape index (κ2) is 5.54. The lowest BCUT2D eigenvalue weighted by atomic mass is 10.2. The van der Waals surface area contributed by atoms with Gasteiger partial charge in [0.05, 0.1) is 0 Å². The van der Waals surface area contributed by atoms with Gasteiger partial charge in [0.25, 0.3) is 0 Å². The topological polar surface area (TPSA) is 92.4 Å². The lowest BCUT2D eigenvalue weighted by molar-refractivity contribution is -0.138. The number of hydrogen-bond donors (Lipinski definition) is 3. The standard InChI is InChI=1S/C7H14N2O3/c1-2-6(10)9-4-3-5(8)7(11)12/h5H,2-4,8H2,1H3,(H,9,10)(H,11,12)/t5-/m0/s1. The van der Waals surface area contributed by atoms with Gasteiger partial charge in [-0.1, -0.05) is 6.92 Å². The van der Waals surface area contributed by atoms with E-state index in [1.54, 1.807) is 6.92 Å². The fourth-order valence-corrected chi connectivity index (χ4v) is 0.616. The van der Waals surface area contributed by atoms with E-state index in [1.807, 2.05) is 0 Å². The van der Waals surface area contributed by atoms with E-state index in [9.17, 15) is 9.59 Å². The zero-order chi connectivity index (χ0) is 9.56. The van der Waals surface area contributed by atoms with Crippen LogP contribution in [0.25, 0.3) is 0 Å². The van der Waals surface area contributed by atoms with Crippen molar-refractivity contribution in [3.05, 3.63) is 0 Å². The zero-order valence-corrected chi connectivity index (χ0v) is 7.04. The average Bonchev–Trinajstić information content (AvgIpc) is 2.03. The third-order valence-electron chi connectivity index (χ3n) is 1.42. The minimum Gasteiger partial charge on any atom is -0.480 e. The van der Waals surface area contributed by atoms with Crippen molar-refractivity contribution in [3.8, 4) is 0 Å². The molecule has 1 amide bonds. The summed E-state index contributed by atoms with van der Waals surface area (Å²) in [6.45, 7) is 2.05. The average molecular weight is 174 g/mol.